The number of aromatic nitrogens is 1. The summed E-state index contributed by atoms with van der Waals surface area (Å²) in [6.07, 6.45) is 1.69. The van der Waals surface area contributed by atoms with Gasteiger partial charge in [-0.25, -0.2) is 4.98 Å². The third kappa shape index (κ3) is 6.13. The van der Waals surface area contributed by atoms with Gasteiger partial charge in [0.25, 0.3) is 5.91 Å². The topological polar surface area (TPSA) is 87.9 Å². The molecule has 2 amide bonds. The van der Waals surface area contributed by atoms with Crippen LogP contribution < -0.4 is 10.1 Å². The maximum absolute atomic E-state index is 12.7. The van der Waals surface area contributed by atoms with Crippen molar-refractivity contribution in [2.75, 3.05) is 44.6 Å². The summed E-state index contributed by atoms with van der Waals surface area (Å²) in [5.41, 5.74) is 1.12. The fraction of sp³-hybridized carbons (Fsp3) is 0.348. The number of thiazole rings is 1. The summed E-state index contributed by atoms with van der Waals surface area (Å²) in [5, 5.41) is 5.63. The van der Waals surface area contributed by atoms with Crippen molar-refractivity contribution in [3.05, 3.63) is 64.0 Å². The van der Waals surface area contributed by atoms with Crippen molar-refractivity contribution in [3.8, 4) is 5.75 Å². The summed E-state index contributed by atoms with van der Waals surface area (Å²) in [6.45, 7) is 5.96. The fourth-order valence-corrected chi connectivity index (χ4v) is 4.46. The number of piperazine rings is 1. The summed E-state index contributed by atoms with van der Waals surface area (Å²) in [6, 6.07) is 9.04. The molecular weight excluding hydrogens is 464 g/mol. The van der Waals surface area contributed by atoms with Gasteiger partial charge in [0, 0.05) is 38.1 Å². The van der Waals surface area contributed by atoms with Crippen molar-refractivity contribution < 1.29 is 18.7 Å². The number of amides is 2. The van der Waals surface area contributed by atoms with E-state index >= 15 is 0 Å². The molecule has 2 aromatic heterocycles. The Morgan fingerprint density at radius 2 is 2.00 bits per heavy atom. The van der Waals surface area contributed by atoms with Gasteiger partial charge in [-0.15, -0.1) is 11.3 Å². The Kier molecular flexibility index (Phi) is 7.64. The highest BCUT2D eigenvalue weighted by atomic mass is 35.5. The lowest BCUT2D eigenvalue weighted by atomic mass is 10.2. The summed E-state index contributed by atoms with van der Waals surface area (Å²) in [7, 11) is 0. The van der Waals surface area contributed by atoms with Crippen LogP contribution in [0.25, 0.3) is 0 Å². The second-order valence-corrected chi connectivity index (χ2v) is 8.93. The van der Waals surface area contributed by atoms with Crippen LogP contribution in [0.3, 0.4) is 0 Å². The lowest BCUT2D eigenvalue weighted by molar-refractivity contribution is -0.132. The van der Waals surface area contributed by atoms with E-state index in [1.165, 1.54) is 17.6 Å². The van der Waals surface area contributed by atoms with Crippen molar-refractivity contribution in [1.82, 2.24) is 14.8 Å². The number of nitrogens with one attached hydrogen (secondary N) is 1. The molecule has 0 spiro atoms. The van der Waals surface area contributed by atoms with E-state index in [0.29, 0.717) is 52.6 Å². The van der Waals surface area contributed by atoms with Crippen LogP contribution in [0.4, 0.5) is 5.13 Å². The molecule has 8 nitrogen and oxygen atoms in total. The summed E-state index contributed by atoms with van der Waals surface area (Å²) < 4.78 is 10.9. The van der Waals surface area contributed by atoms with E-state index < -0.39 is 0 Å². The van der Waals surface area contributed by atoms with Crippen LogP contribution in [0, 0.1) is 6.92 Å². The Morgan fingerprint density at radius 3 is 2.73 bits per heavy atom. The zero-order valence-electron chi connectivity index (χ0n) is 18.3. The van der Waals surface area contributed by atoms with Gasteiger partial charge in [-0.3, -0.25) is 19.8 Å². The minimum atomic E-state index is -0.275. The number of aryl methyl sites for hydroxylation is 1. The SMILES string of the molecule is Cc1occc1C(=O)Nc1nc(CC(=O)N2CCN(CCOc3ccccc3Cl)CC2)cs1. The van der Waals surface area contributed by atoms with Gasteiger partial charge < -0.3 is 14.1 Å². The van der Waals surface area contributed by atoms with Gasteiger partial charge >= 0.3 is 0 Å². The molecule has 1 fully saturated rings. The van der Waals surface area contributed by atoms with Crippen molar-refractivity contribution in [3.63, 3.8) is 0 Å². The highest BCUT2D eigenvalue weighted by molar-refractivity contribution is 7.14. The first-order valence-corrected chi connectivity index (χ1v) is 11.9. The van der Waals surface area contributed by atoms with Gasteiger partial charge in [0.05, 0.1) is 29.0 Å². The number of rotatable bonds is 8. The predicted molar refractivity (Wildman–Crippen MR) is 127 cm³/mol. The number of halogens is 1. The Bertz CT molecular complexity index is 1110. The third-order valence-electron chi connectivity index (χ3n) is 5.43. The number of nitrogens with zero attached hydrogens (tertiary/aromatic N) is 3. The van der Waals surface area contributed by atoms with Gasteiger partial charge in [0.15, 0.2) is 5.13 Å². The number of para-hydroxylation sites is 1. The van der Waals surface area contributed by atoms with Crippen LogP contribution in [0.1, 0.15) is 21.8 Å². The minimum absolute atomic E-state index is 0.0378. The molecule has 0 radical (unpaired) electrons. The van der Waals surface area contributed by atoms with Gasteiger partial charge in [-0.1, -0.05) is 23.7 Å². The van der Waals surface area contributed by atoms with Crippen LogP contribution in [-0.2, 0) is 11.2 Å². The number of carbonyl (C=O) groups is 2. The lowest BCUT2D eigenvalue weighted by Crippen LogP contribution is -2.50. The van der Waals surface area contributed by atoms with Crippen molar-refractivity contribution >= 4 is 39.9 Å². The summed E-state index contributed by atoms with van der Waals surface area (Å²) >= 11 is 7.41. The molecule has 1 aliphatic heterocycles. The standard InChI is InChI=1S/C23H25ClN4O4S/c1-16-18(6-12-31-16)22(30)26-23-25-17(15-33-23)14-21(29)28-9-7-27(8-10-28)11-13-32-20-5-3-2-4-19(20)24/h2-6,12,15H,7-11,13-14H2,1H3,(H,25,26,30). The van der Waals surface area contributed by atoms with Crippen LogP contribution in [0.5, 0.6) is 5.75 Å². The smallest absolute Gasteiger partial charge is 0.260 e. The van der Waals surface area contributed by atoms with E-state index in [9.17, 15) is 9.59 Å². The lowest BCUT2D eigenvalue weighted by Gasteiger charge is -2.34. The largest absolute Gasteiger partial charge is 0.491 e. The maximum atomic E-state index is 12.7. The van der Waals surface area contributed by atoms with E-state index in [2.05, 4.69) is 15.2 Å². The van der Waals surface area contributed by atoms with E-state index in [0.717, 1.165) is 19.6 Å². The average molecular weight is 489 g/mol. The molecule has 0 bridgehead atoms. The Hall–Kier alpha value is -2.88. The molecule has 174 valence electrons. The molecular formula is C23H25ClN4O4S. The zero-order valence-corrected chi connectivity index (χ0v) is 19.8. The molecule has 10 heteroatoms. The average Bonchev–Trinajstić information content (AvgIpc) is 3.44. The molecule has 1 aromatic carbocycles. The first-order valence-electron chi connectivity index (χ1n) is 10.7. The molecule has 0 unspecified atom stereocenters. The molecule has 3 aromatic rings. The van der Waals surface area contributed by atoms with E-state index in [4.69, 9.17) is 20.8 Å². The Labute approximate surface area is 201 Å². The first kappa shape index (κ1) is 23.3. The molecule has 0 aliphatic carbocycles. The summed E-state index contributed by atoms with van der Waals surface area (Å²) in [4.78, 5) is 33.5. The second kappa shape index (κ2) is 10.8. The zero-order chi connectivity index (χ0) is 23.2. The molecule has 1 N–H and O–H groups in total. The highest BCUT2D eigenvalue weighted by Crippen LogP contribution is 2.23. The number of furan rings is 1. The number of anilines is 1. The van der Waals surface area contributed by atoms with Gasteiger partial charge in [0.2, 0.25) is 5.91 Å². The quantitative estimate of drug-likeness (QED) is 0.520. The summed E-state index contributed by atoms with van der Waals surface area (Å²) in [5.74, 6) is 1.000. The molecule has 3 heterocycles. The molecule has 33 heavy (non-hydrogen) atoms. The number of carbonyl (C=O) groups excluding carboxylic acids is 2. The second-order valence-electron chi connectivity index (χ2n) is 7.67. The molecule has 0 atom stereocenters. The molecule has 0 saturated carbocycles. The van der Waals surface area contributed by atoms with Crippen LogP contribution >= 0.6 is 22.9 Å². The molecule has 1 saturated heterocycles. The number of hydrogen-bond acceptors (Lipinski definition) is 7. The number of benzene rings is 1. The van der Waals surface area contributed by atoms with Gasteiger partial charge in [-0.2, -0.15) is 0 Å². The first-order chi connectivity index (χ1) is 16.0. The third-order valence-corrected chi connectivity index (χ3v) is 6.55. The predicted octanol–water partition coefficient (Wildman–Crippen LogP) is 3.72. The maximum Gasteiger partial charge on any atom is 0.260 e. The van der Waals surface area contributed by atoms with Gasteiger partial charge in [0.1, 0.15) is 18.1 Å². The number of hydrogen-bond donors (Lipinski definition) is 1. The Balaban J connectivity index is 1.19. The van der Waals surface area contributed by atoms with Crippen LogP contribution in [0.2, 0.25) is 5.02 Å². The molecule has 4 rings (SSSR count). The normalized spacial score (nSPS) is 14.3. The molecule has 1 aliphatic rings. The highest BCUT2D eigenvalue weighted by Gasteiger charge is 2.22. The van der Waals surface area contributed by atoms with Crippen molar-refractivity contribution in [2.45, 2.75) is 13.3 Å². The van der Waals surface area contributed by atoms with Crippen LogP contribution in [0.15, 0.2) is 46.4 Å². The van der Waals surface area contributed by atoms with Crippen LogP contribution in [-0.4, -0.2) is 65.9 Å². The Morgan fingerprint density at radius 1 is 1.21 bits per heavy atom. The van der Waals surface area contributed by atoms with Crippen molar-refractivity contribution in [1.29, 1.82) is 0 Å². The van der Waals surface area contributed by atoms with E-state index in [1.807, 2.05) is 23.1 Å². The minimum Gasteiger partial charge on any atom is -0.491 e. The number of ether oxygens (including phenoxy) is 1. The van der Waals surface area contributed by atoms with E-state index in [-0.39, 0.29) is 18.2 Å². The van der Waals surface area contributed by atoms with Gasteiger partial charge in [-0.05, 0) is 25.1 Å². The van der Waals surface area contributed by atoms with Crippen molar-refractivity contribution in [2.24, 2.45) is 0 Å². The monoisotopic (exact) mass is 488 g/mol. The van der Waals surface area contributed by atoms with E-state index in [1.54, 1.807) is 24.4 Å². The fourth-order valence-electron chi connectivity index (χ4n) is 3.56.